The van der Waals surface area contributed by atoms with E-state index in [1.165, 1.54) is 5.56 Å². The highest BCUT2D eigenvalue weighted by atomic mass is 16.5. The van der Waals surface area contributed by atoms with Crippen molar-refractivity contribution in [2.75, 3.05) is 27.7 Å². The Morgan fingerprint density at radius 2 is 1.91 bits per heavy atom. The van der Waals surface area contributed by atoms with E-state index >= 15 is 0 Å². The quantitative estimate of drug-likeness (QED) is 0.833. The molecule has 0 unspecified atom stereocenters. The largest absolute Gasteiger partial charge is 0.507 e. The molecule has 2 aromatic carbocycles. The Morgan fingerprint density at radius 1 is 1.18 bits per heavy atom. The standard InChI is InChI=1S/C18H22N2O2/c1-20(2)17(14-7-5-4-6-8-14)13-19-12-15-11-16(22-3)9-10-18(15)21/h4-12,17,21H,13H2,1-3H3/t17-/m0/s1. The van der Waals surface area contributed by atoms with E-state index in [0.717, 1.165) is 0 Å². The van der Waals surface area contributed by atoms with Gasteiger partial charge in [0, 0.05) is 11.8 Å². The van der Waals surface area contributed by atoms with Gasteiger partial charge in [-0.1, -0.05) is 30.3 Å². The first-order valence-electron chi connectivity index (χ1n) is 7.20. The molecule has 0 bridgehead atoms. The molecule has 0 amide bonds. The molecule has 1 atom stereocenters. The van der Waals surface area contributed by atoms with Crippen molar-refractivity contribution >= 4 is 6.21 Å². The molecule has 0 aliphatic rings. The Kier molecular flexibility index (Phi) is 5.55. The maximum atomic E-state index is 9.86. The van der Waals surface area contributed by atoms with Crippen LogP contribution >= 0.6 is 0 Å². The fourth-order valence-corrected chi connectivity index (χ4v) is 2.26. The van der Waals surface area contributed by atoms with Gasteiger partial charge in [-0.2, -0.15) is 0 Å². The number of hydrogen-bond donors (Lipinski definition) is 1. The molecular weight excluding hydrogens is 276 g/mol. The molecular formula is C18H22N2O2. The van der Waals surface area contributed by atoms with Gasteiger partial charge in [-0.05, 0) is 37.9 Å². The molecule has 1 N–H and O–H groups in total. The SMILES string of the molecule is COc1ccc(O)c(C=NC[C@@H](c2ccccc2)N(C)C)c1. The summed E-state index contributed by atoms with van der Waals surface area (Å²) in [7, 11) is 5.68. The second-order valence-corrected chi connectivity index (χ2v) is 5.31. The van der Waals surface area contributed by atoms with Gasteiger partial charge in [-0.3, -0.25) is 4.99 Å². The minimum absolute atomic E-state index is 0.199. The van der Waals surface area contributed by atoms with Crippen LogP contribution in [-0.4, -0.2) is 44.0 Å². The van der Waals surface area contributed by atoms with Gasteiger partial charge in [0.05, 0.1) is 19.7 Å². The monoisotopic (exact) mass is 298 g/mol. The van der Waals surface area contributed by atoms with Crippen LogP contribution in [0.25, 0.3) is 0 Å². The van der Waals surface area contributed by atoms with E-state index in [9.17, 15) is 5.11 Å². The van der Waals surface area contributed by atoms with Crippen molar-refractivity contribution in [3.05, 3.63) is 59.7 Å². The Labute approximate surface area is 131 Å². The first-order chi connectivity index (χ1) is 10.6. The lowest BCUT2D eigenvalue weighted by Gasteiger charge is -2.22. The molecule has 0 saturated heterocycles. The van der Waals surface area contributed by atoms with E-state index in [2.05, 4.69) is 22.0 Å². The number of phenolic OH excluding ortho intramolecular Hbond substituents is 1. The van der Waals surface area contributed by atoms with Crippen LogP contribution in [0.15, 0.2) is 53.5 Å². The summed E-state index contributed by atoms with van der Waals surface area (Å²) in [6, 6.07) is 15.6. The Hall–Kier alpha value is -2.33. The van der Waals surface area contributed by atoms with Crippen molar-refractivity contribution in [2.24, 2.45) is 4.99 Å². The number of aromatic hydroxyl groups is 1. The van der Waals surface area contributed by atoms with Crippen LogP contribution in [-0.2, 0) is 0 Å². The van der Waals surface area contributed by atoms with Gasteiger partial charge in [0.15, 0.2) is 0 Å². The maximum absolute atomic E-state index is 9.86. The summed E-state index contributed by atoms with van der Waals surface area (Å²) in [5, 5.41) is 9.86. The molecule has 4 nitrogen and oxygen atoms in total. The minimum atomic E-state index is 0.199. The molecule has 0 fully saturated rings. The van der Waals surface area contributed by atoms with E-state index in [4.69, 9.17) is 4.74 Å². The van der Waals surface area contributed by atoms with Crippen LogP contribution in [0.4, 0.5) is 0 Å². The summed E-state index contributed by atoms with van der Waals surface area (Å²) in [6.07, 6.45) is 1.69. The number of aliphatic imine (C=N–C) groups is 1. The number of phenols is 1. The molecule has 0 heterocycles. The van der Waals surface area contributed by atoms with E-state index in [1.54, 1.807) is 31.5 Å². The first kappa shape index (κ1) is 16.0. The summed E-state index contributed by atoms with van der Waals surface area (Å²) < 4.78 is 5.16. The number of benzene rings is 2. The first-order valence-corrected chi connectivity index (χ1v) is 7.20. The van der Waals surface area contributed by atoms with Crippen molar-refractivity contribution in [1.82, 2.24) is 4.90 Å². The maximum Gasteiger partial charge on any atom is 0.124 e. The van der Waals surface area contributed by atoms with Gasteiger partial charge in [-0.15, -0.1) is 0 Å². The topological polar surface area (TPSA) is 45.1 Å². The second-order valence-electron chi connectivity index (χ2n) is 5.31. The number of likely N-dealkylation sites (N-methyl/N-ethyl adjacent to an activating group) is 1. The van der Waals surface area contributed by atoms with Gasteiger partial charge in [0.2, 0.25) is 0 Å². The zero-order chi connectivity index (χ0) is 15.9. The van der Waals surface area contributed by atoms with Crippen LogP contribution in [0.3, 0.4) is 0 Å². The smallest absolute Gasteiger partial charge is 0.124 e. The predicted molar refractivity (Wildman–Crippen MR) is 90.0 cm³/mol. The third-order valence-electron chi connectivity index (χ3n) is 3.55. The van der Waals surface area contributed by atoms with Gasteiger partial charge in [-0.25, -0.2) is 0 Å². The summed E-state index contributed by atoms with van der Waals surface area (Å²) in [5.41, 5.74) is 1.88. The van der Waals surface area contributed by atoms with Crippen LogP contribution in [0.2, 0.25) is 0 Å². The average Bonchev–Trinajstić information content (AvgIpc) is 2.53. The Balaban J connectivity index is 2.13. The third kappa shape index (κ3) is 4.09. The van der Waals surface area contributed by atoms with Gasteiger partial charge in [0.1, 0.15) is 11.5 Å². The normalized spacial score (nSPS) is 12.7. The van der Waals surface area contributed by atoms with E-state index < -0.39 is 0 Å². The van der Waals surface area contributed by atoms with Crippen molar-refractivity contribution in [3.8, 4) is 11.5 Å². The molecule has 0 aromatic heterocycles. The summed E-state index contributed by atoms with van der Waals surface area (Å²) >= 11 is 0. The lowest BCUT2D eigenvalue weighted by atomic mass is 10.1. The van der Waals surface area contributed by atoms with Crippen molar-refractivity contribution in [3.63, 3.8) is 0 Å². The molecule has 2 rings (SSSR count). The lowest BCUT2D eigenvalue weighted by molar-refractivity contribution is 0.307. The highest BCUT2D eigenvalue weighted by molar-refractivity contribution is 5.84. The highest BCUT2D eigenvalue weighted by Gasteiger charge is 2.12. The predicted octanol–water partition coefficient (Wildman–Crippen LogP) is 3.12. The molecule has 22 heavy (non-hydrogen) atoms. The molecule has 4 heteroatoms. The zero-order valence-corrected chi connectivity index (χ0v) is 13.2. The lowest BCUT2D eigenvalue weighted by Crippen LogP contribution is -2.22. The summed E-state index contributed by atoms with van der Waals surface area (Å²) in [6.45, 7) is 0.619. The van der Waals surface area contributed by atoms with Crippen molar-refractivity contribution < 1.29 is 9.84 Å². The number of nitrogens with zero attached hydrogens (tertiary/aromatic N) is 2. The third-order valence-corrected chi connectivity index (χ3v) is 3.55. The molecule has 116 valence electrons. The van der Waals surface area contributed by atoms with Crippen LogP contribution < -0.4 is 4.74 Å². The van der Waals surface area contributed by atoms with E-state index in [-0.39, 0.29) is 11.8 Å². The number of rotatable bonds is 6. The number of methoxy groups -OCH3 is 1. The zero-order valence-electron chi connectivity index (χ0n) is 13.2. The molecule has 0 aliphatic carbocycles. The van der Waals surface area contributed by atoms with Gasteiger partial charge in [0.25, 0.3) is 0 Å². The van der Waals surface area contributed by atoms with E-state index in [1.807, 2.05) is 32.3 Å². The number of hydrogen-bond acceptors (Lipinski definition) is 4. The fraction of sp³-hybridized carbons (Fsp3) is 0.278. The second kappa shape index (κ2) is 7.61. The highest BCUT2D eigenvalue weighted by Crippen LogP contribution is 2.22. The van der Waals surface area contributed by atoms with E-state index in [0.29, 0.717) is 17.9 Å². The molecule has 0 radical (unpaired) electrons. The van der Waals surface area contributed by atoms with Gasteiger partial charge >= 0.3 is 0 Å². The van der Waals surface area contributed by atoms with Crippen LogP contribution in [0.5, 0.6) is 11.5 Å². The van der Waals surface area contributed by atoms with Gasteiger partial charge < -0.3 is 14.7 Å². The van der Waals surface area contributed by atoms with Crippen molar-refractivity contribution in [2.45, 2.75) is 6.04 Å². The molecule has 0 saturated carbocycles. The molecule has 0 aliphatic heterocycles. The Morgan fingerprint density at radius 3 is 2.55 bits per heavy atom. The molecule has 2 aromatic rings. The molecule has 0 spiro atoms. The summed E-state index contributed by atoms with van der Waals surface area (Å²) in [4.78, 5) is 6.63. The van der Waals surface area contributed by atoms with Crippen LogP contribution in [0.1, 0.15) is 17.2 Å². The minimum Gasteiger partial charge on any atom is -0.507 e. The Bertz CT molecular complexity index is 624. The average molecular weight is 298 g/mol. The van der Waals surface area contributed by atoms with Crippen LogP contribution in [0, 0.1) is 0 Å². The number of ether oxygens (including phenoxy) is 1. The van der Waals surface area contributed by atoms with Crippen molar-refractivity contribution in [1.29, 1.82) is 0 Å². The summed E-state index contributed by atoms with van der Waals surface area (Å²) in [5.74, 6) is 0.900. The fourth-order valence-electron chi connectivity index (χ4n) is 2.26.